The lowest BCUT2D eigenvalue weighted by Gasteiger charge is -2.09. The van der Waals surface area contributed by atoms with Crippen LogP contribution in [0.25, 0.3) is 104 Å². The van der Waals surface area contributed by atoms with Gasteiger partial charge in [0.1, 0.15) is 11.2 Å². The molecule has 3 nitrogen and oxygen atoms in total. The largest absolute Gasteiger partial charge is 0.455 e. The molecule has 1 N–H and O–H groups in total. The molecule has 218 valence electrons. The lowest BCUT2D eigenvalue weighted by Crippen LogP contribution is -1.93. The summed E-state index contributed by atoms with van der Waals surface area (Å²) >= 11 is 0. The summed E-state index contributed by atoms with van der Waals surface area (Å²) in [6.07, 6.45) is 0. The van der Waals surface area contributed by atoms with Crippen molar-refractivity contribution < 1.29 is 4.42 Å². The molecule has 0 saturated carbocycles. The average molecular weight is 599 g/mol. The number of furan rings is 1. The number of nitrogens with zero attached hydrogens (tertiary/aromatic N) is 1. The Hall–Kier alpha value is -6.32. The maximum Gasteiger partial charge on any atom is 0.143 e. The van der Waals surface area contributed by atoms with Gasteiger partial charge in [-0.3, -0.25) is 0 Å². The molecule has 0 aliphatic heterocycles. The highest BCUT2D eigenvalue weighted by Gasteiger charge is 2.18. The third kappa shape index (κ3) is 3.40. The van der Waals surface area contributed by atoms with Crippen LogP contribution in [-0.4, -0.2) is 9.55 Å². The summed E-state index contributed by atoms with van der Waals surface area (Å²) < 4.78 is 8.97. The summed E-state index contributed by atoms with van der Waals surface area (Å²) in [6, 6.07) is 54.8. The number of benzene rings is 8. The summed E-state index contributed by atoms with van der Waals surface area (Å²) in [5.74, 6) is 0. The minimum atomic E-state index is 0.913. The van der Waals surface area contributed by atoms with E-state index in [-0.39, 0.29) is 0 Å². The summed E-state index contributed by atoms with van der Waals surface area (Å²) in [4.78, 5) is 3.69. The second-order valence-electron chi connectivity index (χ2n) is 12.6. The quantitative estimate of drug-likeness (QED) is 0.211. The smallest absolute Gasteiger partial charge is 0.143 e. The standard InChI is InChI=1S/C44H26N2O/c1-2-10-30(11-3-1)46-38-22-17-26-8-4-6-12-31(26)41(38)33-18-15-29(25-39(33)46)28-16-20-36-35(24-28)42-37(45-36)21-23-40-43(42)34-19-14-27-9-5-7-13-32(27)44(34)47-40/h1-25,45H. The fraction of sp³-hybridized carbons (Fsp3) is 0. The molecule has 0 radical (unpaired) electrons. The van der Waals surface area contributed by atoms with Crippen LogP contribution in [0.2, 0.25) is 0 Å². The topological polar surface area (TPSA) is 33.9 Å². The number of fused-ring (bicyclic) bond motifs is 14. The van der Waals surface area contributed by atoms with Crippen molar-refractivity contribution in [3.63, 3.8) is 0 Å². The molecule has 0 saturated heterocycles. The number of aromatic nitrogens is 2. The van der Waals surface area contributed by atoms with Crippen molar-refractivity contribution in [3.8, 4) is 16.8 Å². The first-order chi connectivity index (χ1) is 23.3. The molecule has 0 aliphatic rings. The molecule has 0 aliphatic carbocycles. The maximum absolute atomic E-state index is 6.55. The van der Waals surface area contributed by atoms with Crippen molar-refractivity contribution in [2.75, 3.05) is 0 Å². The lowest BCUT2D eigenvalue weighted by molar-refractivity contribution is 0.673. The Labute approximate surface area is 268 Å². The molecular formula is C44H26N2O. The van der Waals surface area contributed by atoms with E-state index in [4.69, 9.17) is 4.42 Å². The Morgan fingerprint density at radius 3 is 2.02 bits per heavy atom. The van der Waals surface area contributed by atoms with Gasteiger partial charge in [-0.1, -0.05) is 97.1 Å². The third-order valence-corrected chi connectivity index (χ3v) is 10.1. The average Bonchev–Trinajstić information content (AvgIpc) is 3.80. The van der Waals surface area contributed by atoms with E-state index in [0.29, 0.717) is 0 Å². The fourth-order valence-corrected chi connectivity index (χ4v) is 7.99. The van der Waals surface area contributed by atoms with Gasteiger partial charge in [-0.25, -0.2) is 0 Å². The number of nitrogens with one attached hydrogen (secondary N) is 1. The van der Waals surface area contributed by atoms with Crippen LogP contribution in [0.4, 0.5) is 0 Å². The second kappa shape index (κ2) is 9.12. The zero-order chi connectivity index (χ0) is 30.6. The van der Waals surface area contributed by atoms with Crippen molar-refractivity contribution >= 4 is 87.1 Å². The molecule has 3 heterocycles. The Kier molecular flexibility index (Phi) is 4.84. The van der Waals surface area contributed by atoms with E-state index in [9.17, 15) is 0 Å². The number of para-hydroxylation sites is 1. The van der Waals surface area contributed by atoms with Crippen molar-refractivity contribution in [2.45, 2.75) is 0 Å². The van der Waals surface area contributed by atoms with Crippen LogP contribution >= 0.6 is 0 Å². The first kappa shape index (κ1) is 24.9. The van der Waals surface area contributed by atoms with Crippen molar-refractivity contribution in [3.05, 3.63) is 152 Å². The van der Waals surface area contributed by atoms with Crippen LogP contribution < -0.4 is 0 Å². The highest BCUT2D eigenvalue weighted by molar-refractivity contribution is 6.29. The van der Waals surface area contributed by atoms with E-state index in [0.717, 1.165) is 44.0 Å². The summed E-state index contributed by atoms with van der Waals surface area (Å²) in [6.45, 7) is 0. The van der Waals surface area contributed by atoms with Crippen molar-refractivity contribution in [2.24, 2.45) is 0 Å². The molecule has 0 atom stereocenters. The summed E-state index contributed by atoms with van der Waals surface area (Å²) in [5, 5.41) is 12.1. The van der Waals surface area contributed by atoms with Crippen LogP contribution in [0.15, 0.2) is 156 Å². The Morgan fingerprint density at radius 1 is 0.426 bits per heavy atom. The monoisotopic (exact) mass is 598 g/mol. The third-order valence-electron chi connectivity index (χ3n) is 10.1. The van der Waals surface area contributed by atoms with Gasteiger partial charge >= 0.3 is 0 Å². The van der Waals surface area contributed by atoms with Gasteiger partial charge < -0.3 is 14.0 Å². The number of hydrogen-bond donors (Lipinski definition) is 1. The van der Waals surface area contributed by atoms with Gasteiger partial charge in [-0.05, 0) is 81.9 Å². The first-order valence-corrected chi connectivity index (χ1v) is 16.1. The van der Waals surface area contributed by atoms with E-state index in [1.165, 1.54) is 59.9 Å². The van der Waals surface area contributed by atoms with Crippen molar-refractivity contribution in [1.82, 2.24) is 9.55 Å². The predicted octanol–water partition coefficient (Wildman–Crippen LogP) is 12.3. The number of H-pyrrole nitrogens is 1. The Balaban J connectivity index is 1.19. The van der Waals surface area contributed by atoms with Crippen LogP contribution in [0.5, 0.6) is 0 Å². The molecule has 0 bridgehead atoms. The van der Waals surface area contributed by atoms with Crippen LogP contribution in [0.1, 0.15) is 0 Å². The number of hydrogen-bond acceptors (Lipinski definition) is 1. The number of rotatable bonds is 2. The Morgan fingerprint density at radius 2 is 1.13 bits per heavy atom. The van der Waals surface area contributed by atoms with Crippen LogP contribution in [-0.2, 0) is 0 Å². The number of aromatic amines is 1. The molecule has 0 spiro atoms. The maximum atomic E-state index is 6.55. The van der Waals surface area contributed by atoms with Gasteiger partial charge in [0.05, 0.1) is 11.0 Å². The van der Waals surface area contributed by atoms with Gasteiger partial charge in [0.25, 0.3) is 0 Å². The van der Waals surface area contributed by atoms with Gasteiger partial charge in [-0.2, -0.15) is 0 Å². The molecule has 47 heavy (non-hydrogen) atoms. The molecule has 0 unspecified atom stereocenters. The van der Waals surface area contributed by atoms with E-state index >= 15 is 0 Å². The zero-order valence-electron chi connectivity index (χ0n) is 25.3. The molecule has 8 aromatic carbocycles. The lowest BCUT2D eigenvalue weighted by atomic mass is 9.98. The van der Waals surface area contributed by atoms with Gasteiger partial charge in [-0.15, -0.1) is 0 Å². The van der Waals surface area contributed by atoms with E-state index in [2.05, 4.69) is 161 Å². The van der Waals surface area contributed by atoms with E-state index < -0.39 is 0 Å². The first-order valence-electron chi connectivity index (χ1n) is 16.1. The van der Waals surface area contributed by atoms with Gasteiger partial charge in [0.2, 0.25) is 0 Å². The van der Waals surface area contributed by atoms with Gasteiger partial charge in [0.15, 0.2) is 0 Å². The minimum absolute atomic E-state index is 0.913. The normalized spacial score (nSPS) is 12.3. The molecule has 11 aromatic rings. The van der Waals surface area contributed by atoms with Gasteiger partial charge in [0, 0.05) is 54.4 Å². The van der Waals surface area contributed by atoms with E-state index in [1.807, 2.05) is 0 Å². The zero-order valence-corrected chi connectivity index (χ0v) is 25.3. The second-order valence-corrected chi connectivity index (χ2v) is 12.6. The molecular weight excluding hydrogens is 572 g/mol. The highest BCUT2D eigenvalue weighted by atomic mass is 16.3. The molecule has 0 fully saturated rings. The van der Waals surface area contributed by atoms with Crippen molar-refractivity contribution in [1.29, 1.82) is 0 Å². The van der Waals surface area contributed by atoms with E-state index in [1.54, 1.807) is 0 Å². The summed E-state index contributed by atoms with van der Waals surface area (Å²) in [5.41, 5.74) is 10.1. The molecule has 3 aromatic heterocycles. The van der Waals surface area contributed by atoms with Crippen LogP contribution in [0.3, 0.4) is 0 Å². The predicted molar refractivity (Wildman–Crippen MR) is 198 cm³/mol. The molecule has 11 rings (SSSR count). The fourth-order valence-electron chi connectivity index (χ4n) is 7.99. The minimum Gasteiger partial charge on any atom is -0.455 e. The highest BCUT2D eigenvalue weighted by Crippen LogP contribution is 2.43. The SMILES string of the molecule is c1ccc(-n2c3cc(-c4ccc5[nH]c6ccc7oc8c9ccccc9ccc8c7c6c5c4)ccc3c3c4ccccc4ccc32)cc1. The summed E-state index contributed by atoms with van der Waals surface area (Å²) in [7, 11) is 0. The van der Waals surface area contributed by atoms with Crippen LogP contribution in [0, 0.1) is 0 Å². The Bertz CT molecular complexity index is 3070. The molecule has 0 amide bonds. The molecule has 3 heteroatoms.